The molecule has 1 saturated heterocycles. The van der Waals surface area contributed by atoms with Gasteiger partial charge >= 0.3 is 18.2 Å². The number of hydrogen-bond donors (Lipinski definition) is 11. The number of ether oxygens (including phenoxy) is 4. The smallest absolute Gasteiger partial charge is 0.419 e. The van der Waals surface area contributed by atoms with Gasteiger partial charge in [0.05, 0.1) is 36.3 Å². The number of benzene rings is 5. The van der Waals surface area contributed by atoms with Crippen LogP contribution in [0.1, 0.15) is 163 Å². The van der Waals surface area contributed by atoms with E-state index in [0.717, 1.165) is 21.6 Å². The number of carboxylic acid groups (broad SMARTS) is 1. The van der Waals surface area contributed by atoms with Gasteiger partial charge in [0.15, 0.2) is 5.96 Å². The molecule has 7 aromatic rings. The van der Waals surface area contributed by atoms with Crippen LogP contribution in [0.3, 0.4) is 0 Å². The van der Waals surface area contributed by atoms with Crippen LogP contribution < -0.4 is 53.0 Å². The van der Waals surface area contributed by atoms with Gasteiger partial charge in [-0.3, -0.25) is 48.3 Å². The molecule has 3 heterocycles. The number of carbonyl (C=O) groups is 11. The minimum Gasteiger partial charge on any atom is -0.488 e. The molecule has 115 heavy (non-hydrogen) atoms. The van der Waals surface area contributed by atoms with E-state index in [1.54, 1.807) is 137 Å². The van der Waals surface area contributed by atoms with Crippen LogP contribution in [0.25, 0.3) is 10.9 Å². The Labute approximate surface area is 670 Å². The summed E-state index contributed by atoms with van der Waals surface area (Å²) in [7, 11) is 0. The highest BCUT2D eigenvalue weighted by molar-refractivity contribution is 6.03. The van der Waals surface area contributed by atoms with Gasteiger partial charge in [-0.1, -0.05) is 135 Å². The van der Waals surface area contributed by atoms with Crippen LogP contribution in [0.5, 0.6) is 5.75 Å². The number of hydrogen-bond acceptors (Lipinski definition) is 17. The Balaban J connectivity index is 1.18. The molecule has 0 aliphatic carbocycles. The van der Waals surface area contributed by atoms with Gasteiger partial charge in [0, 0.05) is 50.0 Å². The lowest BCUT2D eigenvalue weighted by atomic mass is 9.77. The average molecular weight is 1580 g/mol. The summed E-state index contributed by atoms with van der Waals surface area (Å²) >= 11 is 0. The number of fused-ring (bicyclic) bond motifs is 1. The van der Waals surface area contributed by atoms with E-state index >= 15 is 19.2 Å². The van der Waals surface area contributed by atoms with Gasteiger partial charge in [-0.15, -0.1) is 0 Å². The molecule has 0 saturated carbocycles. The SMILES string of the molecule is CC(C)C[C@H](NC(=O)CNC(=O)[C@H](Cc1ccc(OC(C)(C)C)cc1)NC(=O)[C@H](COC(C)(C)C)NC(=O)[C@H](Cc1cn(C(=O)OC(C)(C)C)c2ccccc12)NC(=O)[C@H](Cc1cn(C(c2ccccc2)(c2ccccc2)c2ccccc2)cn1)NC(=O)[C@@H]1CCC(=O)N1C(=O)OC(C)(C)C)C(=O)N[C@@H](CCCNC(=N)N)C(=O)O. The van der Waals surface area contributed by atoms with Crippen molar-refractivity contribution >= 4 is 82.3 Å². The van der Waals surface area contributed by atoms with Crippen molar-refractivity contribution in [3.63, 3.8) is 0 Å². The van der Waals surface area contributed by atoms with Crippen molar-refractivity contribution < 1.29 is 76.8 Å². The van der Waals surface area contributed by atoms with E-state index in [1.165, 1.54) is 10.8 Å². The van der Waals surface area contributed by atoms with Crippen molar-refractivity contribution in [1.29, 1.82) is 5.41 Å². The van der Waals surface area contributed by atoms with E-state index in [0.29, 0.717) is 27.8 Å². The highest BCUT2D eigenvalue weighted by Gasteiger charge is 2.45. The molecule has 9 amide bonds. The van der Waals surface area contributed by atoms with Crippen molar-refractivity contribution in [2.24, 2.45) is 11.7 Å². The Bertz CT molecular complexity index is 4480. The number of amides is 9. The van der Waals surface area contributed by atoms with Crippen molar-refractivity contribution in [2.45, 2.75) is 219 Å². The van der Waals surface area contributed by atoms with Crippen molar-refractivity contribution in [3.8, 4) is 5.75 Å². The molecule has 1 aliphatic heterocycles. The van der Waals surface area contributed by atoms with Crippen LogP contribution in [0, 0.1) is 11.3 Å². The molecule has 1 fully saturated rings. The number of aliphatic carboxylic acids is 1. The maximum absolute atomic E-state index is 16.0. The standard InChI is InChI=1S/C85H110N14O16/c1-52(2)43-62(72(103)92-61(77(108)109)34-26-42-88-78(86)87)91-69(100)47-89-71(102)63(44-53-36-38-59(39-37-53)113-82(6,7)8)93-75(106)66(50-112-81(3,4)5)96-73(104)64(45-54-48-98(79(110)114-83(9,10)11)67-35-25-24-33-60(54)67)94-74(105)65(95-76(107)68-40-41-70(101)99(68)80(111)115-84(12,13)14)46-58-49-97(51-90-58)85(55-27-18-15-19-28-55,56-29-20-16-21-30-56)57-31-22-17-23-32-57/h15-25,27-33,35-39,48-49,51-52,61-66,68H,26,34,40-47,50H2,1-14H3,(H,89,102)(H,91,100)(H,92,103)(H,93,106)(H,94,105)(H,95,107)(H,96,104)(H,108,109)(H4,86,87,88)/t61-,62-,63-,64-,65-,66-,68-/m0/s1. The third-order valence-corrected chi connectivity index (χ3v) is 18.3. The van der Waals surface area contributed by atoms with Crippen LogP contribution in [0.2, 0.25) is 0 Å². The zero-order valence-corrected chi connectivity index (χ0v) is 67.8. The number of nitrogens with zero attached hydrogens (tertiary/aromatic N) is 4. The highest BCUT2D eigenvalue weighted by Crippen LogP contribution is 2.41. The summed E-state index contributed by atoms with van der Waals surface area (Å²) in [6.07, 6.45) is 1.79. The van der Waals surface area contributed by atoms with E-state index in [-0.39, 0.29) is 69.1 Å². The number of guanidine groups is 1. The molecule has 0 unspecified atom stereocenters. The molecule has 0 bridgehead atoms. The fraction of sp³-hybridized carbons (Fsp3) is 0.447. The second-order valence-corrected chi connectivity index (χ2v) is 32.9. The van der Waals surface area contributed by atoms with Crippen molar-refractivity contribution in [1.82, 2.24) is 61.6 Å². The topological polar surface area (TPSA) is 417 Å². The summed E-state index contributed by atoms with van der Waals surface area (Å²) in [5.41, 5.74) is 4.59. The van der Waals surface area contributed by atoms with Crippen LogP contribution in [-0.2, 0) is 82.2 Å². The van der Waals surface area contributed by atoms with Gasteiger partial charge in [-0.05, 0) is 161 Å². The average Bonchev–Trinajstić information content (AvgIpc) is 1.72. The number of nitrogens with one attached hydrogen (secondary N) is 9. The number of likely N-dealkylation sites (tertiary alicyclic amines) is 1. The molecular formula is C85H110N14O16. The maximum atomic E-state index is 16.0. The van der Waals surface area contributed by atoms with Gasteiger partial charge in [0.2, 0.25) is 47.3 Å². The molecular weight excluding hydrogens is 1470 g/mol. The number of imidazole rings is 1. The summed E-state index contributed by atoms with van der Waals surface area (Å²) in [6.45, 7) is 23.0. The molecule has 616 valence electrons. The molecule has 1 aliphatic rings. The lowest BCUT2D eigenvalue weighted by Crippen LogP contribution is -2.61. The molecule has 8 rings (SSSR count). The number of imide groups is 1. The molecule has 12 N–H and O–H groups in total. The van der Waals surface area contributed by atoms with Gasteiger partial charge in [0.25, 0.3) is 0 Å². The summed E-state index contributed by atoms with van der Waals surface area (Å²) < 4.78 is 26.9. The first-order valence-corrected chi connectivity index (χ1v) is 38.5. The lowest BCUT2D eigenvalue weighted by Gasteiger charge is -2.37. The molecule has 0 radical (unpaired) electrons. The molecule has 0 spiro atoms. The van der Waals surface area contributed by atoms with E-state index in [1.807, 2.05) is 116 Å². The Hall–Kier alpha value is -11.9. The van der Waals surface area contributed by atoms with Crippen LogP contribution >= 0.6 is 0 Å². The summed E-state index contributed by atoms with van der Waals surface area (Å²) in [4.78, 5) is 164. The highest BCUT2D eigenvalue weighted by atomic mass is 16.6. The van der Waals surface area contributed by atoms with Gasteiger partial charge in [-0.2, -0.15) is 0 Å². The summed E-state index contributed by atoms with van der Waals surface area (Å²) in [5.74, 6) is -8.53. The zero-order valence-electron chi connectivity index (χ0n) is 67.8. The minimum atomic E-state index is -1.74. The van der Waals surface area contributed by atoms with E-state index in [9.17, 15) is 38.7 Å². The van der Waals surface area contributed by atoms with Crippen molar-refractivity contribution in [3.05, 3.63) is 192 Å². The summed E-state index contributed by atoms with van der Waals surface area (Å²) in [6, 6.07) is 31.8. The number of carbonyl (C=O) groups excluding carboxylic acids is 10. The molecule has 2 aromatic heterocycles. The Morgan fingerprint density at radius 1 is 0.565 bits per heavy atom. The predicted molar refractivity (Wildman–Crippen MR) is 431 cm³/mol. The second kappa shape index (κ2) is 38.7. The summed E-state index contributed by atoms with van der Waals surface area (Å²) in [5, 5.41) is 39.4. The van der Waals surface area contributed by atoms with Gasteiger partial charge in [-0.25, -0.2) is 24.3 Å². The largest absolute Gasteiger partial charge is 0.488 e. The van der Waals surface area contributed by atoms with Gasteiger partial charge in [0.1, 0.15) is 70.4 Å². The molecule has 7 atom stereocenters. The predicted octanol–water partition coefficient (Wildman–Crippen LogP) is 7.83. The normalized spacial score (nSPS) is 14.9. The fourth-order valence-corrected chi connectivity index (χ4v) is 13.2. The number of rotatable bonds is 34. The first kappa shape index (κ1) is 88.6. The number of nitrogens with two attached hydrogens (primary N) is 1. The maximum Gasteiger partial charge on any atom is 0.419 e. The quantitative estimate of drug-likeness (QED) is 0.00792. The second-order valence-electron chi connectivity index (χ2n) is 32.9. The Morgan fingerprint density at radius 3 is 1.62 bits per heavy atom. The molecule has 5 aromatic carbocycles. The third-order valence-electron chi connectivity index (χ3n) is 18.3. The van der Waals surface area contributed by atoms with E-state index in [4.69, 9.17) is 35.1 Å². The number of para-hydroxylation sites is 1. The molecule has 30 nitrogen and oxygen atoms in total. The third kappa shape index (κ3) is 25.5. The molecule has 30 heteroatoms. The van der Waals surface area contributed by atoms with Crippen LogP contribution in [0.15, 0.2) is 158 Å². The van der Waals surface area contributed by atoms with E-state index < -0.39 is 155 Å². The lowest BCUT2D eigenvalue weighted by molar-refractivity contribution is -0.142. The van der Waals surface area contributed by atoms with Crippen LogP contribution in [0.4, 0.5) is 9.59 Å². The first-order chi connectivity index (χ1) is 54.1. The number of carboxylic acids is 1. The minimum absolute atomic E-state index is 0.0437. The van der Waals surface area contributed by atoms with Gasteiger partial charge < -0.3 is 76.9 Å². The Kier molecular flexibility index (Phi) is 29.8. The van der Waals surface area contributed by atoms with Crippen molar-refractivity contribution in [2.75, 3.05) is 19.7 Å². The monoisotopic (exact) mass is 1580 g/mol. The van der Waals surface area contributed by atoms with E-state index in [2.05, 4.69) is 42.5 Å². The van der Waals surface area contributed by atoms with Crippen LogP contribution in [-0.4, -0.2) is 180 Å². The Morgan fingerprint density at radius 2 is 1.08 bits per heavy atom. The zero-order chi connectivity index (χ0) is 84.3. The number of aromatic nitrogens is 3. The fourth-order valence-electron chi connectivity index (χ4n) is 13.2. The first-order valence-electron chi connectivity index (χ1n) is 38.5.